The lowest BCUT2D eigenvalue weighted by Crippen LogP contribution is -2.22. The highest BCUT2D eigenvalue weighted by Gasteiger charge is 2.14. The quantitative estimate of drug-likeness (QED) is 0.433. The van der Waals surface area contributed by atoms with Crippen LogP contribution in [0.1, 0.15) is 28.0 Å². The summed E-state index contributed by atoms with van der Waals surface area (Å²) in [5.41, 5.74) is 3.85. The van der Waals surface area contributed by atoms with E-state index in [2.05, 4.69) is 10.8 Å². The van der Waals surface area contributed by atoms with Crippen LogP contribution in [0.15, 0.2) is 76.2 Å². The molecule has 2 aromatic carbocycles. The van der Waals surface area contributed by atoms with E-state index in [1.165, 1.54) is 24.5 Å². The highest BCUT2D eigenvalue weighted by Crippen LogP contribution is 2.13. The van der Waals surface area contributed by atoms with Gasteiger partial charge in [-0.3, -0.25) is 0 Å². The topological polar surface area (TPSA) is 85.6 Å². The number of hydrogen-bond donors (Lipinski definition) is 1. The molecule has 0 saturated heterocycles. The maximum Gasteiger partial charge on any atom is 0.331 e. The Morgan fingerprint density at radius 3 is 2.40 bits per heavy atom. The second-order valence-corrected chi connectivity index (χ2v) is 8.68. The third-order valence-electron chi connectivity index (χ3n) is 4.28. The van der Waals surface area contributed by atoms with Gasteiger partial charge in [-0.05, 0) is 55.3 Å². The van der Waals surface area contributed by atoms with Crippen LogP contribution >= 0.6 is 0 Å². The van der Waals surface area contributed by atoms with Crippen molar-refractivity contribution in [2.75, 3.05) is 0 Å². The number of sulfonamides is 1. The van der Waals surface area contributed by atoms with Gasteiger partial charge in [-0.15, -0.1) is 0 Å². The van der Waals surface area contributed by atoms with Gasteiger partial charge in [-0.1, -0.05) is 41.5 Å². The molecule has 3 aromatic rings. The van der Waals surface area contributed by atoms with Crippen molar-refractivity contribution in [1.29, 1.82) is 0 Å². The van der Waals surface area contributed by atoms with Gasteiger partial charge in [0, 0.05) is 6.08 Å². The van der Waals surface area contributed by atoms with Gasteiger partial charge in [0.1, 0.15) is 12.4 Å². The van der Waals surface area contributed by atoms with Crippen LogP contribution in [-0.2, 0) is 32.7 Å². The minimum atomic E-state index is -3.66. The maximum absolute atomic E-state index is 12.3. The van der Waals surface area contributed by atoms with E-state index in [0.29, 0.717) is 11.3 Å². The fourth-order valence-corrected chi connectivity index (χ4v) is 3.93. The van der Waals surface area contributed by atoms with E-state index in [9.17, 15) is 13.2 Å². The average Bonchev–Trinajstić information content (AvgIpc) is 3.23. The number of hydrogen-bond acceptors (Lipinski definition) is 5. The van der Waals surface area contributed by atoms with E-state index in [1.54, 1.807) is 30.3 Å². The fraction of sp³-hybridized carbons (Fsp3) is 0.174. The summed E-state index contributed by atoms with van der Waals surface area (Å²) in [6.07, 6.45) is 4.38. The van der Waals surface area contributed by atoms with E-state index in [-0.39, 0.29) is 18.0 Å². The Labute approximate surface area is 176 Å². The van der Waals surface area contributed by atoms with Crippen molar-refractivity contribution in [3.05, 3.63) is 95.0 Å². The molecule has 0 saturated carbocycles. The number of ether oxygens (including phenoxy) is 1. The van der Waals surface area contributed by atoms with Gasteiger partial charge in [-0.25, -0.2) is 17.9 Å². The van der Waals surface area contributed by atoms with Gasteiger partial charge < -0.3 is 9.15 Å². The summed E-state index contributed by atoms with van der Waals surface area (Å²) in [5.74, 6) is 0.0587. The highest BCUT2D eigenvalue weighted by molar-refractivity contribution is 7.89. The SMILES string of the molecule is Cc1cc(C)cc(COC(=O)/C=C/c2ccc(S(=O)(=O)NCc3ccco3)cc2)c1. The summed E-state index contributed by atoms with van der Waals surface area (Å²) in [4.78, 5) is 12.1. The highest BCUT2D eigenvalue weighted by atomic mass is 32.2. The number of esters is 1. The van der Waals surface area contributed by atoms with Gasteiger partial charge in [0.25, 0.3) is 0 Å². The first-order chi connectivity index (χ1) is 14.3. The summed E-state index contributed by atoms with van der Waals surface area (Å²) in [5, 5.41) is 0. The van der Waals surface area contributed by atoms with E-state index in [1.807, 2.05) is 26.0 Å². The molecule has 156 valence electrons. The molecule has 3 rings (SSSR count). The second-order valence-electron chi connectivity index (χ2n) is 6.91. The Hall–Kier alpha value is -3.16. The molecule has 1 heterocycles. The molecule has 0 amide bonds. The fourth-order valence-electron chi connectivity index (χ4n) is 2.94. The van der Waals surface area contributed by atoms with Crippen LogP contribution in [0.25, 0.3) is 6.08 Å². The summed E-state index contributed by atoms with van der Waals surface area (Å²) < 4.78 is 37.5. The Morgan fingerprint density at radius 1 is 1.07 bits per heavy atom. The Bertz CT molecular complexity index is 1110. The Morgan fingerprint density at radius 2 is 1.77 bits per heavy atom. The van der Waals surface area contributed by atoms with Crippen LogP contribution in [0.5, 0.6) is 0 Å². The predicted molar refractivity (Wildman–Crippen MR) is 114 cm³/mol. The van der Waals surface area contributed by atoms with Crippen molar-refractivity contribution in [1.82, 2.24) is 4.72 Å². The van der Waals surface area contributed by atoms with Crippen molar-refractivity contribution in [3.8, 4) is 0 Å². The number of nitrogens with one attached hydrogen (secondary N) is 1. The lowest BCUT2D eigenvalue weighted by molar-refractivity contribution is -0.138. The molecule has 1 N–H and O–H groups in total. The summed E-state index contributed by atoms with van der Waals surface area (Å²) in [6.45, 7) is 4.26. The zero-order valence-corrected chi connectivity index (χ0v) is 17.6. The molecular weight excluding hydrogens is 402 g/mol. The molecule has 0 spiro atoms. The standard InChI is InChI=1S/C23H23NO5S/c1-17-12-18(2)14-20(13-17)16-29-23(25)10-7-19-5-8-22(9-6-19)30(26,27)24-15-21-4-3-11-28-21/h3-14,24H,15-16H2,1-2H3/b10-7+. The largest absolute Gasteiger partial charge is 0.468 e. The zero-order chi connectivity index (χ0) is 21.6. The molecule has 6 nitrogen and oxygen atoms in total. The minimum Gasteiger partial charge on any atom is -0.468 e. The second kappa shape index (κ2) is 9.56. The number of aryl methyl sites for hydroxylation is 2. The summed E-state index contributed by atoms with van der Waals surface area (Å²) in [7, 11) is -3.66. The van der Waals surface area contributed by atoms with Crippen molar-refractivity contribution < 1.29 is 22.4 Å². The molecule has 0 aliphatic carbocycles. The van der Waals surface area contributed by atoms with Crippen molar-refractivity contribution >= 4 is 22.1 Å². The predicted octanol–water partition coefficient (Wildman–Crippen LogP) is 4.13. The molecule has 0 atom stereocenters. The van der Waals surface area contributed by atoms with Crippen LogP contribution in [0.2, 0.25) is 0 Å². The molecule has 0 bridgehead atoms. The lowest BCUT2D eigenvalue weighted by atomic mass is 10.1. The first kappa shape index (κ1) is 21.5. The van der Waals surface area contributed by atoms with Gasteiger partial charge in [0.05, 0.1) is 17.7 Å². The van der Waals surface area contributed by atoms with Crippen LogP contribution in [0, 0.1) is 13.8 Å². The van der Waals surface area contributed by atoms with Crippen LogP contribution < -0.4 is 4.72 Å². The third kappa shape index (κ3) is 6.17. The maximum atomic E-state index is 12.3. The smallest absolute Gasteiger partial charge is 0.331 e. The van der Waals surface area contributed by atoms with Crippen molar-refractivity contribution in [2.24, 2.45) is 0 Å². The molecule has 0 unspecified atom stereocenters. The first-order valence-electron chi connectivity index (χ1n) is 9.36. The van der Waals surface area contributed by atoms with Crippen molar-refractivity contribution in [2.45, 2.75) is 31.9 Å². The summed E-state index contributed by atoms with van der Waals surface area (Å²) in [6, 6.07) is 15.6. The molecule has 1 aromatic heterocycles. The minimum absolute atomic E-state index is 0.0727. The number of furan rings is 1. The molecule has 0 fully saturated rings. The van der Waals surface area contributed by atoms with Gasteiger partial charge in [0.2, 0.25) is 10.0 Å². The van der Waals surface area contributed by atoms with E-state index in [0.717, 1.165) is 16.7 Å². The van der Waals surface area contributed by atoms with Gasteiger partial charge in [0.15, 0.2) is 0 Å². The normalized spacial score (nSPS) is 11.7. The Balaban J connectivity index is 1.55. The van der Waals surface area contributed by atoms with Gasteiger partial charge in [-0.2, -0.15) is 0 Å². The third-order valence-corrected chi connectivity index (χ3v) is 5.70. The zero-order valence-electron chi connectivity index (χ0n) is 16.8. The van der Waals surface area contributed by atoms with Crippen LogP contribution in [0.3, 0.4) is 0 Å². The number of carbonyl (C=O) groups excluding carboxylic acids is 1. The molecule has 0 aliphatic heterocycles. The van der Waals surface area contributed by atoms with Crippen LogP contribution in [0.4, 0.5) is 0 Å². The van der Waals surface area contributed by atoms with E-state index in [4.69, 9.17) is 9.15 Å². The number of rotatable bonds is 8. The molecule has 0 aliphatic rings. The molecule has 7 heteroatoms. The van der Waals surface area contributed by atoms with Crippen LogP contribution in [-0.4, -0.2) is 14.4 Å². The van der Waals surface area contributed by atoms with Gasteiger partial charge >= 0.3 is 5.97 Å². The molecule has 30 heavy (non-hydrogen) atoms. The Kier molecular flexibility index (Phi) is 6.87. The summed E-state index contributed by atoms with van der Waals surface area (Å²) >= 11 is 0. The van der Waals surface area contributed by atoms with Crippen molar-refractivity contribution in [3.63, 3.8) is 0 Å². The van der Waals surface area contributed by atoms with E-state index >= 15 is 0 Å². The number of benzene rings is 2. The van der Waals surface area contributed by atoms with E-state index < -0.39 is 16.0 Å². The average molecular weight is 426 g/mol. The lowest BCUT2D eigenvalue weighted by Gasteiger charge is -2.06. The first-order valence-corrected chi connectivity index (χ1v) is 10.8. The number of carbonyl (C=O) groups is 1. The molecule has 0 radical (unpaired) electrons. The monoisotopic (exact) mass is 425 g/mol. The molecular formula is C23H23NO5S.